The highest BCUT2D eigenvalue weighted by atomic mass is 15.1. The van der Waals surface area contributed by atoms with Crippen LogP contribution >= 0.6 is 0 Å². The molecule has 0 aliphatic carbocycles. The molecule has 2 aliphatic heterocycles. The number of nitrogens with one attached hydrogen (secondary N) is 1. The van der Waals surface area contributed by atoms with E-state index in [4.69, 9.17) is 0 Å². The highest BCUT2D eigenvalue weighted by Gasteiger charge is 2.22. The molecule has 2 heteroatoms. The van der Waals surface area contributed by atoms with Crippen LogP contribution in [-0.4, -0.2) is 37.6 Å². The van der Waals surface area contributed by atoms with E-state index in [1.165, 1.54) is 64.8 Å². The Morgan fingerprint density at radius 3 is 2.53 bits per heavy atom. The molecule has 0 bridgehead atoms. The molecule has 0 amide bonds. The lowest BCUT2D eigenvalue weighted by Gasteiger charge is -2.35. The van der Waals surface area contributed by atoms with Gasteiger partial charge in [0.1, 0.15) is 0 Å². The van der Waals surface area contributed by atoms with Crippen molar-refractivity contribution in [3.05, 3.63) is 0 Å². The van der Waals surface area contributed by atoms with Gasteiger partial charge < -0.3 is 10.2 Å². The van der Waals surface area contributed by atoms with Gasteiger partial charge in [0.05, 0.1) is 0 Å². The zero-order valence-electron chi connectivity index (χ0n) is 11.8. The third-order valence-corrected chi connectivity index (χ3v) is 4.96. The molecule has 2 nitrogen and oxygen atoms in total. The maximum Gasteiger partial charge on any atom is 0.000957 e. The molecule has 0 aromatic carbocycles. The summed E-state index contributed by atoms with van der Waals surface area (Å²) in [6.45, 7) is 11.4. The fourth-order valence-electron chi connectivity index (χ4n) is 3.33. The van der Waals surface area contributed by atoms with Crippen LogP contribution in [0.1, 0.15) is 46.0 Å². The lowest BCUT2D eigenvalue weighted by atomic mass is 9.88. The Labute approximate surface area is 107 Å². The van der Waals surface area contributed by atoms with Gasteiger partial charge in [0.15, 0.2) is 0 Å². The Bertz CT molecular complexity index is 211. The van der Waals surface area contributed by atoms with Gasteiger partial charge in [-0.15, -0.1) is 0 Å². The molecule has 100 valence electrons. The third-order valence-electron chi connectivity index (χ3n) is 4.96. The third kappa shape index (κ3) is 4.26. The smallest absolute Gasteiger partial charge is 0.000957 e. The Balaban J connectivity index is 1.58. The first kappa shape index (κ1) is 13.4. The topological polar surface area (TPSA) is 15.3 Å². The minimum absolute atomic E-state index is 0.905. The summed E-state index contributed by atoms with van der Waals surface area (Å²) in [5.74, 6) is 2.86. The zero-order chi connectivity index (χ0) is 12.1. The number of rotatable bonds is 4. The summed E-state index contributed by atoms with van der Waals surface area (Å²) in [7, 11) is 0. The largest absolute Gasteiger partial charge is 0.317 e. The summed E-state index contributed by atoms with van der Waals surface area (Å²) in [4.78, 5) is 2.70. The van der Waals surface area contributed by atoms with Crippen molar-refractivity contribution in [1.29, 1.82) is 0 Å². The molecular weight excluding hydrogens is 208 g/mol. The molecule has 2 fully saturated rings. The Morgan fingerprint density at radius 1 is 1.06 bits per heavy atom. The molecule has 0 radical (unpaired) electrons. The SMILES string of the molecule is CC1CCN(CCCC2CCNCC2)CC1C. The molecule has 0 saturated carbocycles. The van der Waals surface area contributed by atoms with Crippen molar-refractivity contribution in [2.24, 2.45) is 17.8 Å². The standard InChI is InChI=1S/C15H30N2/c1-13-7-11-17(12-14(13)2)10-3-4-15-5-8-16-9-6-15/h13-16H,3-12H2,1-2H3. The molecular formula is C15H30N2. The van der Waals surface area contributed by atoms with Crippen molar-refractivity contribution in [3.63, 3.8) is 0 Å². The van der Waals surface area contributed by atoms with Crippen LogP contribution in [0.15, 0.2) is 0 Å². The van der Waals surface area contributed by atoms with Crippen LogP contribution in [0.25, 0.3) is 0 Å². The summed E-state index contributed by atoms with van der Waals surface area (Å²) in [5.41, 5.74) is 0. The molecule has 2 rings (SSSR count). The fraction of sp³-hybridized carbons (Fsp3) is 1.00. The van der Waals surface area contributed by atoms with E-state index < -0.39 is 0 Å². The minimum atomic E-state index is 0.905. The molecule has 2 heterocycles. The predicted molar refractivity (Wildman–Crippen MR) is 74.2 cm³/mol. The molecule has 2 atom stereocenters. The Hall–Kier alpha value is -0.0800. The van der Waals surface area contributed by atoms with E-state index in [1.54, 1.807) is 0 Å². The quantitative estimate of drug-likeness (QED) is 0.810. The highest BCUT2D eigenvalue weighted by molar-refractivity contribution is 4.76. The summed E-state index contributed by atoms with van der Waals surface area (Å²) in [5, 5.41) is 3.45. The van der Waals surface area contributed by atoms with Crippen LogP contribution in [0.4, 0.5) is 0 Å². The molecule has 2 aliphatic rings. The van der Waals surface area contributed by atoms with Crippen molar-refractivity contribution in [1.82, 2.24) is 10.2 Å². The first-order chi connectivity index (χ1) is 8.25. The summed E-state index contributed by atoms with van der Waals surface area (Å²) >= 11 is 0. The van der Waals surface area contributed by atoms with Crippen molar-refractivity contribution in [2.75, 3.05) is 32.7 Å². The molecule has 0 aromatic rings. The summed E-state index contributed by atoms with van der Waals surface area (Å²) < 4.78 is 0. The molecule has 2 unspecified atom stereocenters. The van der Waals surface area contributed by atoms with Gasteiger partial charge in [-0.2, -0.15) is 0 Å². The van der Waals surface area contributed by atoms with Crippen LogP contribution in [-0.2, 0) is 0 Å². The van der Waals surface area contributed by atoms with Gasteiger partial charge >= 0.3 is 0 Å². The average Bonchev–Trinajstić information content (AvgIpc) is 2.35. The number of hydrogen-bond acceptors (Lipinski definition) is 2. The van der Waals surface area contributed by atoms with Crippen molar-refractivity contribution in [3.8, 4) is 0 Å². The van der Waals surface area contributed by atoms with E-state index in [-0.39, 0.29) is 0 Å². The lowest BCUT2D eigenvalue weighted by Crippen LogP contribution is -2.39. The fourth-order valence-corrected chi connectivity index (χ4v) is 3.33. The summed E-state index contributed by atoms with van der Waals surface area (Å²) in [6.07, 6.45) is 7.11. The minimum Gasteiger partial charge on any atom is -0.317 e. The maximum atomic E-state index is 3.45. The number of likely N-dealkylation sites (tertiary alicyclic amines) is 1. The Kier molecular flexibility index (Phi) is 5.30. The molecule has 2 saturated heterocycles. The van der Waals surface area contributed by atoms with Gasteiger partial charge in [-0.1, -0.05) is 13.8 Å². The molecule has 1 N–H and O–H groups in total. The van der Waals surface area contributed by atoms with Gasteiger partial charge in [0, 0.05) is 6.54 Å². The van der Waals surface area contributed by atoms with E-state index in [2.05, 4.69) is 24.1 Å². The van der Waals surface area contributed by atoms with Gasteiger partial charge in [-0.25, -0.2) is 0 Å². The second-order valence-electron chi connectivity index (χ2n) is 6.38. The molecule has 0 spiro atoms. The normalized spacial score (nSPS) is 32.8. The monoisotopic (exact) mass is 238 g/mol. The first-order valence-corrected chi connectivity index (χ1v) is 7.69. The van der Waals surface area contributed by atoms with E-state index in [9.17, 15) is 0 Å². The predicted octanol–water partition coefficient (Wildman–Crippen LogP) is 2.74. The van der Waals surface area contributed by atoms with Crippen LogP contribution in [0.5, 0.6) is 0 Å². The van der Waals surface area contributed by atoms with E-state index in [0.29, 0.717) is 0 Å². The second kappa shape index (κ2) is 6.75. The number of piperidine rings is 2. The van der Waals surface area contributed by atoms with Crippen LogP contribution < -0.4 is 5.32 Å². The van der Waals surface area contributed by atoms with E-state index in [0.717, 1.165) is 17.8 Å². The van der Waals surface area contributed by atoms with Gasteiger partial charge in [-0.3, -0.25) is 0 Å². The van der Waals surface area contributed by atoms with Gasteiger partial charge in [0.25, 0.3) is 0 Å². The lowest BCUT2D eigenvalue weighted by molar-refractivity contribution is 0.134. The first-order valence-electron chi connectivity index (χ1n) is 7.69. The van der Waals surface area contributed by atoms with Crippen molar-refractivity contribution < 1.29 is 0 Å². The van der Waals surface area contributed by atoms with Crippen LogP contribution in [0.2, 0.25) is 0 Å². The average molecular weight is 238 g/mol. The van der Waals surface area contributed by atoms with Gasteiger partial charge in [0.2, 0.25) is 0 Å². The van der Waals surface area contributed by atoms with E-state index >= 15 is 0 Å². The van der Waals surface area contributed by atoms with Crippen molar-refractivity contribution >= 4 is 0 Å². The Morgan fingerprint density at radius 2 is 1.82 bits per heavy atom. The van der Waals surface area contributed by atoms with Crippen LogP contribution in [0, 0.1) is 17.8 Å². The number of nitrogens with zero attached hydrogens (tertiary/aromatic N) is 1. The highest BCUT2D eigenvalue weighted by Crippen LogP contribution is 2.23. The number of hydrogen-bond donors (Lipinski definition) is 1. The maximum absolute atomic E-state index is 3.45. The van der Waals surface area contributed by atoms with Crippen molar-refractivity contribution in [2.45, 2.75) is 46.0 Å². The second-order valence-corrected chi connectivity index (χ2v) is 6.38. The molecule has 17 heavy (non-hydrogen) atoms. The van der Waals surface area contributed by atoms with E-state index in [1.807, 2.05) is 0 Å². The summed E-state index contributed by atoms with van der Waals surface area (Å²) in [6, 6.07) is 0. The van der Waals surface area contributed by atoms with Gasteiger partial charge in [-0.05, 0) is 76.0 Å². The zero-order valence-corrected chi connectivity index (χ0v) is 11.8. The molecule has 0 aromatic heterocycles. The van der Waals surface area contributed by atoms with Crippen LogP contribution in [0.3, 0.4) is 0 Å².